The SMILES string of the molecule is Nc1nc(Nc2cccc(Cl)c2)nc(N2CCOCC2)n1. The van der Waals surface area contributed by atoms with Crippen molar-refractivity contribution < 1.29 is 4.74 Å². The topological polar surface area (TPSA) is 89.2 Å². The van der Waals surface area contributed by atoms with Crippen LogP contribution in [0.2, 0.25) is 5.02 Å². The van der Waals surface area contributed by atoms with Crippen LogP contribution in [0.25, 0.3) is 0 Å². The van der Waals surface area contributed by atoms with Crippen molar-refractivity contribution in [2.24, 2.45) is 0 Å². The smallest absolute Gasteiger partial charge is 0.233 e. The number of aromatic nitrogens is 3. The number of halogens is 1. The van der Waals surface area contributed by atoms with Crippen LogP contribution < -0.4 is 16.0 Å². The Hall–Kier alpha value is -2.12. The van der Waals surface area contributed by atoms with Crippen molar-refractivity contribution in [1.82, 2.24) is 15.0 Å². The molecule has 0 saturated carbocycles. The fourth-order valence-corrected chi connectivity index (χ4v) is 2.23. The molecule has 2 aromatic rings. The summed E-state index contributed by atoms with van der Waals surface area (Å²) in [5.74, 6) is 1.12. The van der Waals surface area contributed by atoms with E-state index in [1.165, 1.54) is 0 Å². The van der Waals surface area contributed by atoms with Crippen molar-refractivity contribution in [2.75, 3.05) is 42.3 Å². The lowest BCUT2D eigenvalue weighted by Crippen LogP contribution is -2.37. The van der Waals surface area contributed by atoms with Gasteiger partial charge in [-0.05, 0) is 18.2 Å². The molecular weight excluding hydrogens is 292 g/mol. The largest absolute Gasteiger partial charge is 0.378 e. The second-order valence-electron chi connectivity index (χ2n) is 4.55. The molecule has 0 aliphatic carbocycles. The number of benzene rings is 1. The number of nitrogens with two attached hydrogens (primary N) is 1. The van der Waals surface area contributed by atoms with Crippen LogP contribution in [0.3, 0.4) is 0 Å². The molecule has 0 radical (unpaired) electrons. The van der Waals surface area contributed by atoms with Crippen LogP contribution in [0.1, 0.15) is 0 Å². The minimum absolute atomic E-state index is 0.177. The van der Waals surface area contributed by atoms with Crippen molar-refractivity contribution in [2.45, 2.75) is 0 Å². The third-order valence-electron chi connectivity index (χ3n) is 3.02. The summed E-state index contributed by atoms with van der Waals surface area (Å²) in [7, 11) is 0. The Balaban J connectivity index is 1.83. The predicted molar refractivity (Wildman–Crippen MR) is 82.0 cm³/mol. The lowest BCUT2D eigenvalue weighted by atomic mass is 10.3. The van der Waals surface area contributed by atoms with Crippen LogP contribution in [0.5, 0.6) is 0 Å². The maximum absolute atomic E-state index is 5.96. The molecule has 3 N–H and O–H groups in total. The summed E-state index contributed by atoms with van der Waals surface area (Å²) in [6, 6.07) is 7.31. The van der Waals surface area contributed by atoms with E-state index >= 15 is 0 Å². The van der Waals surface area contributed by atoms with Gasteiger partial charge in [0.2, 0.25) is 17.8 Å². The second kappa shape index (κ2) is 6.11. The summed E-state index contributed by atoms with van der Waals surface area (Å²) in [6.07, 6.45) is 0. The van der Waals surface area contributed by atoms with E-state index in [0.717, 1.165) is 18.8 Å². The number of hydrogen-bond donors (Lipinski definition) is 2. The molecule has 1 saturated heterocycles. The first-order valence-corrected chi connectivity index (χ1v) is 6.95. The van der Waals surface area contributed by atoms with Gasteiger partial charge in [0, 0.05) is 23.8 Å². The summed E-state index contributed by atoms with van der Waals surface area (Å²) >= 11 is 5.96. The van der Waals surface area contributed by atoms with E-state index < -0.39 is 0 Å². The zero-order chi connectivity index (χ0) is 14.7. The number of morpholine rings is 1. The van der Waals surface area contributed by atoms with Gasteiger partial charge in [-0.15, -0.1) is 0 Å². The molecular formula is C13H15ClN6O. The Morgan fingerprint density at radius 1 is 1.19 bits per heavy atom. The first kappa shape index (κ1) is 13.8. The van der Waals surface area contributed by atoms with Gasteiger partial charge in [-0.2, -0.15) is 15.0 Å². The lowest BCUT2D eigenvalue weighted by molar-refractivity contribution is 0.122. The van der Waals surface area contributed by atoms with Crippen molar-refractivity contribution in [3.8, 4) is 0 Å². The molecule has 1 aromatic carbocycles. The molecule has 1 fully saturated rings. The van der Waals surface area contributed by atoms with E-state index in [9.17, 15) is 0 Å². The summed E-state index contributed by atoms with van der Waals surface area (Å²) in [5, 5.41) is 3.72. The summed E-state index contributed by atoms with van der Waals surface area (Å²) in [4.78, 5) is 14.7. The van der Waals surface area contributed by atoms with Gasteiger partial charge in [-0.1, -0.05) is 17.7 Å². The van der Waals surface area contributed by atoms with E-state index in [1.54, 1.807) is 12.1 Å². The van der Waals surface area contributed by atoms with Crippen molar-refractivity contribution in [1.29, 1.82) is 0 Å². The van der Waals surface area contributed by atoms with Gasteiger partial charge in [-0.25, -0.2) is 0 Å². The van der Waals surface area contributed by atoms with Gasteiger partial charge in [0.25, 0.3) is 0 Å². The van der Waals surface area contributed by atoms with Crippen LogP contribution in [0.4, 0.5) is 23.5 Å². The Kier molecular flexibility index (Phi) is 4.03. The van der Waals surface area contributed by atoms with E-state index in [4.69, 9.17) is 22.1 Å². The number of nitrogens with zero attached hydrogens (tertiary/aromatic N) is 4. The van der Waals surface area contributed by atoms with Gasteiger partial charge < -0.3 is 20.7 Å². The lowest BCUT2D eigenvalue weighted by Gasteiger charge is -2.26. The van der Waals surface area contributed by atoms with Gasteiger partial charge in [-0.3, -0.25) is 0 Å². The van der Waals surface area contributed by atoms with Crippen LogP contribution in [-0.4, -0.2) is 41.3 Å². The normalized spacial score (nSPS) is 15.0. The van der Waals surface area contributed by atoms with Crippen molar-refractivity contribution in [3.63, 3.8) is 0 Å². The number of nitrogen functional groups attached to an aromatic ring is 1. The third-order valence-corrected chi connectivity index (χ3v) is 3.25. The fraction of sp³-hybridized carbons (Fsp3) is 0.308. The van der Waals surface area contributed by atoms with Crippen LogP contribution in [0, 0.1) is 0 Å². The van der Waals surface area contributed by atoms with Gasteiger partial charge in [0.15, 0.2) is 0 Å². The van der Waals surface area contributed by atoms with Crippen LogP contribution in [-0.2, 0) is 4.74 Å². The van der Waals surface area contributed by atoms with Gasteiger partial charge in [0.1, 0.15) is 0 Å². The van der Waals surface area contributed by atoms with Crippen molar-refractivity contribution in [3.05, 3.63) is 29.3 Å². The molecule has 110 valence electrons. The Morgan fingerprint density at radius 2 is 2.00 bits per heavy atom. The summed E-state index contributed by atoms with van der Waals surface area (Å²) in [5.41, 5.74) is 6.56. The highest BCUT2D eigenvalue weighted by molar-refractivity contribution is 6.30. The fourth-order valence-electron chi connectivity index (χ4n) is 2.04. The molecule has 0 spiro atoms. The zero-order valence-corrected chi connectivity index (χ0v) is 12.0. The molecule has 1 aliphatic rings. The first-order chi connectivity index (χ1) is 10.2. The molecule has 21 heavy (non-hydrogen) atoms. The minimum atomic E-state index is 0.177. The Bertz CT molecular complexity index is 632. The number of hydrogen-bond acceptors (Lipinski definition) is 7. The highest BCUT2D eigenvalue weighted by Crippen LogP contribution is 2.20. The number of ether oxygens (including phenoxy) is 1. The number of nitrogens with one attached hydrogen (secondary N) is 1. The molecule has 0 amide bonds. The third kappa shape index (κ3) is 3.50. The maximum Gasteiger partial charge on any atom is 0.233 e. The van der Waals surface area contributed by atoms with E-state index in [2.05, 4.69) is 20.3 Å². The number of anilines is 4. The summed E-state index contributed by atoms with van der Waals surface area (Å²) < 4.78 is 5.32. The standard InChI is InChI=1S/C13H15ClN6O/c14-9-2-1-3-10(8-9)16-12-17-11(15)18-13(19-12)20-4-6-21-7-5-20/h1-3,8H,4-7H2,(H3,15,16,17,18,19). The van der Waals surface area contributed by atoms with Gasteiger partial charge in [0.05, 0.1) is 13.2 Å². The van der Waals surface area contributed by atoms with E-state index in [0.29, 0.717) is 30.1 Å². The molecule has 2 heterocycles. The van der Waals surface area contributed by atoms with E-state index in [1.807, 2.05) is 17.0 Å². The molecule has 0 atom stereocenters. The Labute approximate surface area is 127 Å². The monoisotopic (exact) mass is 306 g/mol. The molecule has 0 unspecified atom stereocenters. The highest BCUT2D eigenvalue weighted by atomic mass is 35.5. The molecule has 8 heteroatoms. The predicted octanol–water partition coefficient (Wildman–Crippen LogP) is 1.69. The molecule has 7 nitrogen and oxygen atoms in total. The molecule has 1 aliphatic heterocycles. The molecule has 0 bridgehead atoms. The zero-order valence-electron chi connectivity index (χ0n) is 11.3. The maximum atomic E-state index is 5.96. The number of rotatable bonds is 3. The molecule has 1 aromatic heterocycles. The van der Waals surface area contributed by atoms with Crippen molar-refractivity contribution >= 4 is 35.1 Å². The quantitative estimate of drug-likeness (QED) is 0.891. The summed E-state index contributed by atoms with van der Waals surface area (Å²) in [6.45, 7) is 2.78. The Morgan fingerprint density at radius 3 is 2.76 bits per heavy atom. The second-order valence-corrected chi connectivity index (χ2v) is 4.99. The minimum Gasteiger partial charge on any atom is -0.378 e. The van der Waals surface area contributed by atoms with Gasteiger partial charge >= 0.3 is 0 Å². The first-order valence-electron chi connectivity index (χ1n) is 6.57. The highest BCUT2D eigenvalue weighted by Gasteiger charge is 2.15. The average molecular weight is 307 g/mol. The average Bonchev–Trinajstić information content (AvgIpc) is 2.47. The van der Waals surface area contributed by atoms with Crippen LogP contribution in [0.15, 0.2) is 24.3 Å². The van der Waals surface area contributed by atoms with Crippen LogP contribution >= 0.6 is 11.6 Å². The molecule has 3 rings (SSSR count). The van der Waals surface area contributed by atoms with E-state index in [-0.39, 0.29) is 5.95 Å².